The molecule has 2 N–H and O–H groups in total. The third kappa shape index (κ3) is 5.59. The standard InChI is InChI=1S/C7H15N.C4H10/c1-6-2-3-7(4-6)5-8;1-3-4-2/h6-7H,2-5,8H2,1H3;3-4H2,1-2H3. The van der Waals surface area contributed by atoms with Crippen molar-refractivity contribution in [3.63, 3.8) is 0 Å². The van der Waals surface area contributed by atoms with Crippen molar-refractivity contribution in [3.8, 4) is 0 Å². The summed E-state index contributed by atoms with van der Waals surface area (Å²) < 4.78 is 0. The van der Waals surface area contributed by atoms with Crippen LogP contribution in [-0.4, -0.2) is 6.54 Å². The predicted octanol–water partition coefficient (Wildman–Crippen LogP) is 3.19. The monoisotopic (exact) mass is 171 g/mol. The Labute approximate surface area is 77.7 Å². The topological polar surface area (TPSA) is 26.0 Å². The first-order valence-electron chi connectivity index (χ1n) is 5.44. The van der Waals surface area contributed by atoms with E-state index in [4.69, 9.17) is 5.73 Å². The Hall–Kier alpha value is -0.0400. The smallest absolute Gasteiger partial charge is 0.00488 e. The second-order valence-corrected chi connectivity index (χ2v) is 4.02. The molecule has 1 saturated carbocycles. The molecule has 0 aromatic heterocycles. The largest absolute Gasteiger partial charge is 0.330 e. The highest BCUT2D eigenvalue weighted by molar-refractivity contribution is 4.72. The van der Waals surface area contributed by atoms with E-state index in [1.165, 1.54) is 32.1 Å². The molecule has 2 unspecified atom stereocenters. The number of hydrogen-bond acceptors (Lipinski definition) is 1. The van der Waals surface area contributed by atoms with Gasteiger partial charge in [0.25, 0.3) is 0 Å². The summed E-state index contributed by atoms with van der Waals surface area (Å²) in [4.78, 5) is 0. The van der Waals surface area contributed by atoms with Crippen LogP contribution in [-0.2, 0) is 0 Å². The summed E-state index contributed by atoms with van der Waals surface area (Å²) in [5.41, 5.74) is 5.50. The lowest BCUT2D eigenvalue weighted by Crippen LogP contribution is -2.10. The van der Waals surface area contributed by atoms with Gasteiger partial charge in [-0.05, 0) is 31.2 Å². The van der Waals surface area contributed by atoms with Crippen LogP contribution in [0.15, 0.2) is 0 Å². The van der Waals surface area contributed by atoms with Gasteiger partial charge in [-0.15, -0.1) is 0 Å². The Morgan fingerprint density at radius 1 is 1.17 bits per heavy atom. The molecule has 0 amide bonds. The minimum atomic E-state index is 0.852. The van der Waals surface area contributed by atoms with E-state index >= 15 is 0 Å². The second kappa shape index (κ2) is 7.60. The van der Waals surface area contributed by atoms with E-state index in [9.17, 15) is 0 Å². The molecule has 0 radical (unpaired) electrons. The molecule has 1 nitrogen and oxygen atoms in total. The molecule has 1 heteroatoms. The molecule has 0 aromatic carbocycles. The lowest BCUT2D eigenvalue weighted by molar-refractivity contribution is 0.525. The number of unbranched alkanes of at least 4 members (excludes halogenated alkanes) is 1. The van der Waals surface area contributed by atoms with Gasteiger partial charge in [0, 0.05) is 0 Å². The van der Waals surface area contributed by atoms with E-state index in [-0.39, 0.29) is 0 Å². The van der Waals surface area contributed by atoms with Crippen LogP contribution in [0.5, 0.6) is 0 Å². The maximum absolute atomic E-state index is 5.50. The first-order valence-corrected chi connectivity index (χ1v) is 5.44. The van der Waals surface area contributed by atoms with E-state index in [1.807, 2.05) is 0 Å². The molecule has 0 aliphatic heterocycles. The molecule has 12 heavy (non-hydrogen) atoms. The molecule has 0 heterocycles. The van der Waals surface area contributed by atoms with Crippen molar-refractivity contribution in [2.75, 3.05) is 6.54 Å². The molecular weight excluding hydrogens is 146 g/mol. The van der Waals surface area contributed by atoms with Gasteiger partial charge in [0.2, 0.25) is 0 Å². The fraction of sp³-hybridized carbons (Fsp3) is 1.00. The Morgan fingerprint density at radius 2 is 1.75 bits per heavy atom. The van der Waals surface area contributed by atoms with Gasteiger partial charge in [0.15, 0.2) is 0 Å². The summed E-state index contributed by atoms with van der Waals surface area (Å²) in [5, 5.41) is 0. The summed E-state index contributed by atoms with van der Waals surface area (Å²) in [6.07, 6.45) is 6.79. The zero-order chi connectivity index (χ0) is 9.40. The van der Waals surface area contributed by atoms with Gasteiger partial charge in [-0.1, -0.05) is 40.0 Å². The van der Waals surface area contributed by atoms with Gasteiger partial charge in [0.05, 0.1) is 0 Å². The Bertz CT molecular complexity index is 89.0. The minimum Gasteiger partial charge on any atom is -0.330 e. The predicted molar refractivity (Wildman–Crippen MR) is 56.1 cm³/mol. The van der Waals surface area contributed by atoms with Gasteiger partial charge < -0.3 is 5.73 Å². The first kappa shape index (κ1) is 12.0. The SMILES string of the molecule is CC1CCC(CN)C1.CCCC. The average Bonchev–Trinajstić information content (AvgIpc) is 2.52. The molecule has 2 atom stereocenters. The Balaban J connectivity index is 0.000000261. The minimum absolute atomic E-state index is 0.852. The molecule has 0 bridgehead atoms. The van der Waals surface area contributed by atoms with Crippen LogP contribution in [0.25, 0.3) is 0 Å². The van der Waals surface area contributed by atoms with Crippen LogP contribution >= 0.6 is 0 Å². The summed E-state index contributed by atoms with van der Waals surface area (Å²) in [7, 11) is 0. The van der Waals surface area contributed by atoms with Crippen molar-refractivity contribution in [2.45, 2.75) is 52.9 Å². The van der Waals surface area contributed by atoms with Crippen LogP contribution < -0.4 is 5.73 Å². The molecule has 0 aromatic rings. The fourth-order valence-corrected chi connectivity index (χ4v) is 1.54. The first-order chi connectivity index (χ1) is 5.74. The third-order valence-corrected chi connectivity index (χ3v) is 2.64. The van der Waals surface area contributed by atoms with Gasteiger partial charge in [-0.3, -0.25) is 0 Å². The Kier molecular flexibility index (Phi) is 7.58. The average molecular weight is 171 g/mol. The highest BCUT2D eigenvalue weighted by Crippen LogP contribution is 2.28. The van der Waals surface area contributed by atoms with Crippen molar-refractivity contribution in [2.24, 2.45) is 17.6 Å². The second-order valence-electron chi connectivity index (χ2n) is 4.02. The van der Waals surface area contributed by atoms with Crippen molar-refractivity contribution < 1.29 is 0 Å². The maximum Gasteiger partial charge on any atom is -0.00488 e. The fourth-order valence-electron chi connectivity index (χ4n) is 1.54. The maximum atomic E-state index is 5.50. The van der Waals surface area contributed by atoms with Crippen molar-refractivity contribution in [1.82, 2.24) is 0 Å². The lowest BCUT2D eigenvalue weighted by atomic mass is 10.1. The van der Waals surface area contributed by atoms with Crippen LogP contribution in [0.4, 0.5) is 0 Å². The van der Waals surface area contributed by atoms with E-state index in [0.717, 1.165) is 18.4 Å². The van der Waals surface area contributed by atoms with Crippen LogP contribution in [0, 0.1) is 11.8 Å². The molecular formula is C11H25N. The quantitative estimate of drug-likeness (QED) is 0.678. The summed E-state index contributed by atoms with van der Waals surface area (Å²) in [5.74, 6) is 1.80. The highest BCUT2D eigenvalue weighted by Gasteiger charge is 2.18. The van der Waals surface area contributed by atoms with E-state index < -0.39 is 0 Å². The summed E-state index contributed by atoms with van der Waals surface area (Å²) >= 11 is 0. The summed E-state index contributed by atoms with van der Waals surface area (Å²) in [6, 6.07) is 0. The number of hydrogen-bond donors (Lipinski definition) is 1. The zero-order valence-corrected chi connectivity index (χ0v) is 8.97. The zero-order valence-electron chi connectivity index (χ0n) is 8.97. The van der Waals surface area contributed by atoms with E-state index in [1.54, 1.807) is 0 Å². The van der Waals surface area contributed by atoms with E-state index in [2.05, 4.69) is 20.8 Å². The molecule has 1 fully saturated rings. The molecule has 74 valence electrons. The molecule has 0 saturated heterocycles. The van der Waals surface area contributed by atoms with Crippen LogP contribution in [0.1, 0.15) is 52.9 Å². The molecule has 1 rings (SSSR count). The number of rotatable bonds is 2. The molecule has 0 spiro atoms. The van der Waals surface area contributed by atoms with Crippen molar-refractivity contribution in [1.29, 1.82) is 0 Å². The normalized spacial score (nSPS) is 28.0. The third-order valence-electron chi connectivity index (χ3n) is 2.64. The molecule has 1 aliphatic rings. The van der Waals surface area contributed by atoms with Crippen LogP contribution in [0.2, 0.25) is 0 Å². The van der Waals surface area contributed by atoms with E-state index in [0.29, 0.717) is 0 Å². The van der Waals surface area contributed by atoms with Gasteiger partial charge in [-0.2, -0.15) is 0 Å². The Morgan fingerprint density at radius 3 is 1.92 bits per heavy atom. The van der Waals surface area contributed by atoms with Gasteiger partial charge in [-0.25, -0.2) is 0 Å². The van der Waals surface area contributed by atoms with Gasteiger partial charge in [0.1, 0.15) is 0 Å². The summed E-state index contributed by atoms with van der Waals surface area (Å²) in [6.45, 7) is 7.58. The number of nitrogens with two attached hydrogens (primary N) is 1. The van der Waals surface area contributed by atoms with Crippen molar-refractivity contribution >= 4 is 0 Å². The van der Waals surface area contributed by atoms with Crippen molar-refractivity contribution in [3.05, 3.63) is 0 Å². The lowest BCUT2D eigenvalue weighted by Gasteiger charge is -2.02. The highest BCUT2D eigenvalue weighted by atomic mass is 14.6. The molecule has 1 aliphatic carbocycles. The van der Waals surface area contributed by atoms with Crippen LogP contribution in [0.3, 0.4) is 0 Å². The van der Waals surface area contributed by atoms with Gasteiger partial charge >= 0.3 is 0 Å².